The molecule has 0 spiro atoms. The summed E-state index contributed by atoms with van der Waals surface area (Å²) in [6.45, 7) is 2.55. The molecule has 1 aliphatic rings. The van der Waals surface area contributed by atoms with Crippen molar-refractivity contribution < 1.29 is 9.21 Å². The number of benzene rings is 1. The maximum absolute atomic E-state index is 12.7. The molecule has 1 amide bonds. The van der Waals surface area contributed by atoms with E-state index >= 15 is 0 Å². The Kier molecular flexibility index (Phi) is 6.88. The van der Waals surface area contributed by atoms with E-state index in [9.17, 15) is 9.59 Å². The van der Waals surface area contributed by atoms with Crippen LogP contribution in [0.15, 0.2) is 57.1 Å². The Hall–Kier alpha value is -2.15. The lowest BCUT2D eigenvalue weighted by Gasteiger charge is -2.34. The van der Waals surface area contributed by atoms with Crippen LogP contribution >= 0.6 is 23.7 Å². The quantitative estimate of drug-likeness (QED) is 0.629. The predicted molar refractivity (Wildman–Crippen MR) is 115 cm³/mol. The molecule has 28 heavy (non-hydrogen) atoms. The van der Waals surface area contributed by atoms with Crippen LogP contribution in [0.25, 0.3) is 11.0 Å². The SMILES string of the molecule is Cl.O=C(NCC(c1cccs1)N1CCCCC1)c1cc2ccccc2oc1=O. The smallest absolute Gasteiger partial charge is 0.349 e. The van der Waals surface area contributed by atoms with Crippen LogP contribution in [0.2, 0.25) is 0 Å². The van der Waals surface area contributed by atoms with Gasteiger partial charge in [-0.25, -0.2) is 4.79 Å². The number of amides is 1. The Balaban J connectivity index is 0.00000225. The first-order valence-corrected chi connectivity index (χ1v) is 10.2. The van der Waals surface area contributed by atoms with Gasteiger partial charge in [0, 0.05) is 16.8 Å². The monoisotopic (exact) mass is 418 g/mol. The largest absolute Gasteiger partial charge is 0.422 e. The van der Waals surface area contributed by atoms with E-state index in [2.05, 4.69) is 21.7 Å². The van der Waals surface area contributed by atoms with Crippen molar-refractivity contribution in [2.45, 2.75) is 25.3 Å². The molecule has 2 aromatic heterocycles. The molecule has 1 unspecified atom stereocenters. The van der Waals surface area contributed by atoms with Gasteiger partial charge in [0.25, 0.3) is 5.91 Å². The first kappa shape index (κ1) is 20.6. The third-order valence-corrected chi connectivity index (χ3v) is 6.02. The molecule has 1 N–H and O–H groups in total. The van der Waals surface area contributed by atoms with Crippen LogP contribution in [0.5, 0.6) is 0 Å². The fourth-order valence-electron chi connectivity index (χ4n) is 3.63. The Morgan fingerprint density at radius 1 is 1.14 bits per heavy atom. The lowest BCUT2D eigenvalue weighted by Crippen LogP contribution is -2.41. The van der Waals surface area contributed by atoms with Crippen molar-refractivity contribution in [1.29, 1.82) is 0 Å². The summed E-state index contributed by atoms with van der Waals surface area (Å²) in [6.07, 6.45) is 3.63. The summed E-state index contributed by atoms with van der Waals surface area (Å²) >= 11 is 1.70. The number of carbonyl (C=O) groups is 1. The molecule has 7 heteroatoms. The number of piperidine rings is 1. The molecule has 1 aromatic carbocycles. The minimum Gasteiger partial charge on any atom is -0.422 e. The molecule has 4 rings (SSSR count). The van der Waals surface area contributed by atoms with Crippen LogP contribution in [0.4, 0.5) is 0 Å². The van der Waals surface area contributed by atoms with Crippen LogP contribution in [0.3, 0.4) is 0 Å². The Morgan fingerprint density at radius 2 is 1.93 bits per heavy atom. The highest BCUT2D eigenvalue weighted by Gasteiger charge is 2.24. The van der Waals surface area contributed by atoms with Crippen LogP contribution in [-0.2, 0) is 0 Å². The summed E-state index contributed by atoms with van der Waals surface area (Å²) in [7, 11) is 0. The highest BCUT2D eigenvalue weighted by Crippen LogP contribution is 2.27. The van der Waals surface area contributed by atoms with Gasteiger partial charge in [0.1, 0.15) is 11.1 Å². The molecule has 1 saturated heterocycles. The van der Waals surface area contributed by atoms with Gasteiger partial charge in [-0.2, -0.15) is 0 Å². The normalized spacial score (nSPS) is 15.7. The van der Waals surface area contributed by atoms with Gasteiger partial charge in [0.15, 0.2) is 0 Å². The second-order valence-corrected chi connectivity index (χ2v) is 7.80. The second kappa shape index (κ2) is 9.37. The topological polar surface area (TPSA) is 62.6 Å². The van der Waals surface area contributed by atoms with Gasteiger partial charge < -0.3 is 9.73 Å². The predicted octanol–water partition coefficient (Wildman–Crippen LogP) is 4.23. The summed E-state index contributed by atoms with van der Waals surface area (Å²) in [5, 5.41) is 5.76. The fraction of sp³-hybridized carbons (Fsp3) is 0.333. The van der Waals surface area contributed by atoms with Crippen molar-refractivity contribution >= 4 is 40.6 Å². The Morgan fingerprint density at radius 3 is 2.68 bits per heavy atom. The van der Waals surface area contributed by atoms with Crippen LogP contribution < -0.4 is 10.9 Å². The molecule has 3 aromatic rings. The highest BCUT2D eigenvalue weighted by atomic mass is 35.5. The number of nitrogens with one attached hydrogen (secondary N) is 1. The lowest BCUT2D eigenvalue weighted by atomic mass is 10.1. The highest BCUT2D eigenvalue weighted by molar-refractivity contribution is 7.10. The summed E-state index contributed by atoms with van der Waals surface area (Å²) < 4.78 is 5.28. The lowest BCUT2D eigenvalue weighted by molar-refractivity contribution is 0.0922. The molecule has 1 aliphatic heterocycles. The molecule has 148 valence electrons. The van der Waals surface area contributed by atoms with E-state index in [1.807, 2.05) is 18.2 Å². The number of hydrogen-bond acceptors (Lipinski definition) is 5. The molecule has 0 radical (unpaired) electrons. The Labute approximate surface area is 173 Å². The number of nitrogens with zero attached hydrogens (tertiary/aromatic N) is 1. The standard InChI is InChI=1S/C21H22N2O3S.ClH/c24-20(16-13-15-7-2-3-8-18(15)26-21(16)25)22-14-17(19-9-6-12-27-19)23-10-4-1-5-11-23;/h2-3,6-9,12-13,17H,1,4-5,10-11,14H2,(H,22,24);1H. The zero-order chi connectivity index (χ0) is 18.6. The maximum atomic E-state index is 12.7. The van der Waals surface area contributed by atoms with E-state index in [0.29, 0.717) is 12.1 Å². The summed E-state index contributed by atoms with van der Waals surface area (Å²) in [4.78, 5) is 28.6. The average molecular weight is 419 g/mol. The van der Waals surface area contributed by atoms with Gasteiger partial charge in [-0.3, -0.25) is 9.69 Å². The van der Waals surface area contributed by atoms with Crippen LogP contribution in [0.1, 0.15) is 40.5 Å². The number of fused-ring (bicyclic) bond motifs is 1. The van der Waals surface area contributed by atoms with Gasteiger partial charge in [0.05, 0.1) is 6.04 Å². The summed E-state index contributed by atoms with van der Waals surface area (Å²) in [6, 6.07) is 13.1. The van der Waals surface area contributed by atoms with Gasteiger partial charge in [-0.15, -0.1) is 23.7 Å². The number of hydrogen-bond donors (Lipinski definition) is 1. The van der Waals surface area contributed by atoms with Crippen LogP contribution in [0, 0.1) is 0 Å². The first-order valence-electron chi connectivity index (χ1n) is 9.31. The first-order chi connectivity index (χ1) is 13.2. The van der Waals surface area contributed by atoms with Gasteiger partial charge in [-0.1, -0.05) is 30.7 Å². The fourth-order valence-corrected chi connectivity index (χ4v) is 4.49. The van der Waals surface area contributed by atoms with Gasteiger partial charge >= 0.3 is 5.63 Å². The number of carbonyl (C=O) groups excluding carboxylic acids is 1. The average Bonchev–Trinajstić information content (AvgIpc) is 3.23. The van der Waals surface area contributed by atoms with E-state index in [1.165, 1.54) is 24.1 Å². The third-order valence-electron chi connectivity index (χ3n) is 5.05. The van der Waals surface area contributed by atoms with E-state index in [4.69, 9.17) is 4.42 Å². The number of rotatable bonds is 5. The summed E-state index contributed by atoms with van der Waals surface area (Å²) in [5.74, 6) is -0.381. The maximum Gasteiger partial charge on any atom is 0.349 e. The molecule has 1 fully saturated rings. The van der Waals surface area contributed by atoms with Crippen LogP contribution in [-0.4, -0.2) is 30.4 Å². The van der Waals surface area contributed by atoms with E-state index < -0.39 is 5.63 Å². The minimum absolute atomic E-state index is 0. The molecule has 0 aliphatic carbocycles. The van der Waals surface area contributed by atoms with Crippen molar-refractivity contribution in [3.63, 3.8) is 0 Å². The molecule has 5 nitrogen and oxygen atoms in total. The second-order valence-electron chi connectivity index (χ2n) is 6.82. The van der Waals surface area contributed by atoms with E-state index in [1.54, 1.807) is 29.5 Å². The van der Waals surface area contributed by atoms with Gasteiger partial charge in [0.2, 0.25) is 0 Å². The van der Waals surface area contributed by atoms with Gasteiger partial charge in [-0.05, 0) is 49.5 Å². The molecule has 0 saturated carbocycles. The third kappa shape index (κ3) is 4.46. The molecule has 0 bridgehead atoms. The van der Waals surface area contributed by atoms with Crippen molar-refractivity contribution in [3.05, 3.63) is 68.7 Å². The zero-order valence-corrected chi connectivity index (χ0v) is 17.1. The minimum atomic E-state index is -0.600. The number of thiophene rings is 1. The van der Waals surface area contributed by atoms with Crippen molar-refractivity contribution in [1.82, 2.24) is 10.2 Å². The molecule has 1 atom stereocenters. The zero-order valence-electron chi connectivity index (χ0n) is 15.4. The number of para-hydroxylation sites is 1. The molecular weight excluding hydrogens is 396 g/mol. The molecular formula is C21H23ClN2O3S. The number of halogens is 1. The number of likely N-dealkylation sites (tertiary alicyclic amines) is 1. The summed E-state index contributed by atoms with van der Waals surface area (Å²) in [5.41, 5.74) is -0.0575. The van der Waals surface area contributed by atoms with E-state index in [0.717, 1.165) is 18.5 Å². The van der Waals surface area contributed by atoms with Crippen molar-refractivity contribution in [3.8, 4) is 0 Å². The van der Waals surface area contributed by atoms with Crippen molar-refractivity contribution in [2.24, 2.45) is 0 Å². The van der Waals surface area contributed by atoms with Crippen molar-refractivity contribution in [2.75, 3.05) is 19.6 Å². The Bertz CT molecular complexity index is 981. The molecule has 3 heterocycles. The van der Waals surface area contributed by atoms with E-state index in [-0.39, 0.29) is 29.9 Å².